The molecule has 0 spiro atoms. The third kappa shape index (κ3) is 3.74. The van der Waals surface area contributed by atoms with E-state index >= 15 is 0 Å². The fourth-order valence-electron chi connectivity index (χ4n) is 2.63. The van der Waals surface area contributed by atoms with Crippen LogP contribution in [-0.4, -0.2) is 20.9 Å². The number of amides is 1. The average Bonchev–Trinajstić information content (AvgIpc) is 2.59. The number of hydrogen-bond acceptors (Lipinski definition) is 4. The molecule has 0 fully saturated rings. The minimum absolute atomic E-state index is 0.0508. The summed E-state index contributed by atoms with van der Waals surface area (Å²) in [5.41, 5.74) is 1.83. The molecule has 0 bridgehead atoms. The molecule has 126 valence electrons. The first-order valence-electron chi connectivity index (χ1n) is 7.53. The Balaban J connectivity index is 1.58. The first-order chi connectivity index (χ1) is 11.4. The Kier molecular flexibility index (Phi) is 4.55. The maximum Gasteiger partial charge on any atom is 0.238 e. The fraction of sp³-hybridized carbons (Fsp3) is 0.235. The Morgan fingerprint density at radius 1 is 1.17 bits per heavy atom. The van der Waals surface area contributed by atoms with E-state index in [1.165, 1.54) is 12.1 Å². The van der Waals surface area contributed by atoms with Crippen LogP contribution in [0.3, 0.4) is 0 Å². The van der Waals surface area contributed by atoms with Gasteiger partial charge in [-0.2, -0.15) is 0 Å². The smallest absolute Gasteiger partial charge is 0.238 e. The van der Waals surface area contributed by atoms with Crippen molar-refractivity contribution in [2.75, 3.05) is 6.61 Å². The largest absolute Gasteiger partial charge is 0.492 e. The first-order valence-corrected chi connectivity index (χ1v) is 9.08. The summed E-state index contributed by atoms with van der Waals surface area (Å²) in [5, 5.41) is 7.91. The van der Waals surface area contributed by atoms with Crippen molar-refractivity contribution in [1.82, 2.24) is 5.32 Å². The summed E-state index contributed by atoms with van der Waals surface area (Å²) >= 11 is 0. The number of primary sulfonamides is 1. The van der Waals surface area contributed by atoms with Crippen molar-refractivity contribution in [3.05, 3.63) is 59.7 Å². The summed E-state index contributed by atoms with van der Waals surface area (Å²) in [6, 6.07) is 13.8. The molecule has 0 aliphatic carbocycles. The van der Waals surface area contributed by atoms with E-state index in [-0.39, 0.29) is 16.7 Å². The summed E-state index contributed by atoms with van der Waals surface area (Å²) < 4.78 is 28.0. The molecule has 1 aliphatic heterocycles. The van der Waals surface area contributed by atoms with Crippen molar-refractivity contribution in [3.8, 4) is 5.75 Å². The van der Waals surface area contributed by atoms with Crippen LogP contribution in [0.1, 0.15) is 11.1 Å². The van der Waals surface area contributed by atoms with Gasteiger partial charge in [0.2, 0.25) is 15.9 Å². The van der Waals surface area contributed by atoms with Crippen molar-refractivity contribution in [3.63, 3.8) is 0 Å². The van der Waals surface area contributed by atoms with Crippen LogP contribution in [0.4, 0.5) is 0 Å². The van der Waals surface area contributed by atoms with Crippen molar-refractivity contribution in [2.24, 2.45) is 11.1 Å². The number of fused-ring (bicyclic) bond motifs is 1. The molecule has 2 aromatic rings. The van der Waals surface area contributed by atoms with Gasteiger partial charge in [0.1, 0.15) is 12.4 Å². The summed E-state index contributed by atoms with van der Waals surface area (Å²) in [6.45, 7) is 0.676. The third-order valence-electron chi connectivity index (χ3n) is 3.97. The minimum Gasteiger partial charge on any atom is -0.492 e. The summed E-state index contributed by atoms with van der Waals surface area (Å²) in [5.74, 6) is 0.517. The second kappa shape index (κ2) is 6.62. The monoisotopic (exact) mass is 346 g/mol. The quantitative estimate of drug-likeness (QED) is 0.869. The Morgan fingerprint density at radius 2 is 1.88 bits per heavy atom. The molecule has 6 nitrogen and oxygen atoms in total. The van der Waals surface area contributed by atoms with E-state index in [2.05, 4.69) is 5.32 Å². The fourth-order valence-corrected chi connectivity index (χ4v) is 3.14. The Labute approximate surface area is 140 Å². The van der Waals surface area contributed by atoms with Crippen molar-refractivity contribution in [2.45, 2.75) is 17.9 Å². The standard InChI is InChI=1S/C17H18N2O4S/c18-24(21,22)15-7-5-12(6-8-15)10-19-17(20)14-9-13-3-1-2-4-16(13)23-11-14/h1-8,14H,9-11H2,(H,19,20)(H2,18,21,22)/t14-/m0/s1. The van der Waals surface area contributed by atoms with E-state index in [0.29, 0.717) is 19.6 Å². The second-order valence-corrected chi connectivity index (χ2v) is 7.29. The number of nitrogens with two attached hydrogens (primary N) is 1. The van der Waals surface area contributed by atoms with E-state index in [0.717, 1.165) is 16.9 Å². The van der Waals surface area contributed by atoms with Gasteiger partial charge in [0.05, 0.1) is 10.8 Å². The van der Waals surface area contributed by atoms with Gasteiger partial charge in [-0.3, -0.25) is 4.79 Å². The molecule has 0 aromatic heterocycles. The number of hydrogen-bond donors (Lipinski definition) is 2. The zero-order valence-electron chi connectivity index (χ0n) is 12.9. The predicted octanol–water partition coefficient (Wildman–Crippen LogP) is 1.20. The molecule has 1 atom stereocenters. The number of nitrogens with one attached hydrogen (secondary N) is 1. The van der Waals surface area contributed by atoms with Crippen molar-refractivity contribution in [1.29, 1.82) is 0 Å². The van der Waals surface area contributed by atoms with Gasteiger partial charge in [0, 0.05) is 6.54 Å². The topological polar surface area (TPSA) is 98.5 Å². The van der Waals surface area contributed by atoms with Crippen LogP contribution in [0.25, 0.3) is 0 Å². The van der Waals surface area contributed by atoms with E-state index in [9.17, 15) is 13.2 Å². The number of carbonyl (C=O) groups is 1. The average molecular weight is 346 g/mol. The highest BCUT2D eigenvalue weighted by Crippen LogP contribution is 2.26. The van der Waals surface area contributed by atoms with Gasteiger partial charge in [-0.1, -0.05) is 30.3 Å². The van der Waals surface area contributed by atoms with E-state index < -0.39 is 10.0 Å². The first kappa shape index (κ1) is 16.5. The molecule has 24 heavy (non-hydrogen) atoms. The molecule has 3 rings (SSSR count). The molecule has 0 saturated carbocycles. The number of ether oxygens (including phenoxy) is 1. The molecule has 0 radical (unpaired) electrons. The molecule has 3 N–H and O–H groups in total. The van der Waals surface area contributed by atoms with Crippen LogP contribution >= 0.6 is 0 Å². The predicted molar refractivity (Wildman–Crippen MR) is 88.8 cm³/mol. The van der Waals surface area contributed by atoms with E-state index in [1.807, 2.05) is 24.3 Å². The van der Waals surface area contributed by atoms with Gasteiger partial charge in [-0.05, 0) is 35.7 Å². The van der Waals surface area contributed by atoms with Crippen molar-refractivity contribution >= 4 is 15.9 Å². The minimum atomic E-state index is -3.70. The van der Waals surface area contributed by atoms with Crippen LogP contribution in [0.15, 0.2) is 53.4 Å². The molecule has 1 heterocycles. The number of rotatable bonds is 4. The maximum atomic E-state index is 12.3. The summed E-state index contributed by atoms with van der Waals surface area (Å²) in [7, 11) is -3.70. The van der Waals surface area contributed by atoms with Crippen molar-refractivity contribution < 1.29 is 17.9 Å². The lowest BCUT2D eigenvalue weighted by atomic mass is 9.96. The van der Waals surface area contributed by atoms with Crippen LogP contribution in [-0.2, 0) is 27.8 Å². The zero-order chi connectivity index (χ0) is 17.2. The molecule has 0 unspecified atom stereocenters. The molecular weight excluding hydrogens is 328 g/mol. The lowest BCUT2D eigenvalue weighted by Crippen LogP contribution is -2.37. The van der Waals surface area contributed by atoms with Crippen LogP contribution in [0.2, 0.25) is 0 Å². The molecule has 1 amide bonds. The summed E-state index contributed by atoms with van der Waals surface area (Å²) in [4.78, 5) is 12.4. The molecular formula is C17H18N2O4S. The number of para-hydroxylation sites is 1. The number of benzene rings is 2. The van der Waals surface area contributed by atoms with Gasteiger partial charge in [0.25, 0.3) is 0 Å². The van der Waals surface area contributed by atoms with Gasteiger partial charge >= 0.3 is 0 Å². The second-order valence-electron chi connectivity index (χ2n) is 5.73. The van der Waals surface area contributed by atoms with Crippen LogP contribution in [0.5, 0.6) is 5.75 Å². The van der Waals surface area contributed by atoms with Crippen LogP contribution in [0, 0.1) is 5.92 Å². The van der Waals surface area contributed by atoms with Gasteiger partial charge < -0.3 is 10.1 Å². The number of sulfonamides is 1. The zero-order valence-corrected chi connectivity index (χ0v) is 13.8. The van der Waals surface area contributed by atoms with Gasteiger partial charge in [0.15, 0.2) is 0 Å². The number of carbonyl (C=O) groups excluding carboxylic acids is 1. The molecule has 2 aromatic carbocycles. The highest BCUT2D eigenvalue weighted by molar-refractivity contribution is 7.89. The van der Waals surface area contributed by atoms with Gasteiger partial charge in [-0.25, -0.2) is 13.6 Å². The third-order valence-corrected chi connectivity index (χ3v) is 4.90. The van der Waals surface area contributed by atoms with Gasteiger partial charge in [-0.15, -0.1) is 0 Å². The molecule has 7 heteroatoms. The SMILES string of the molecule is NS(=O)(=O)c1ccc(CNC(=O)[C@@H]2COc3ccccc3C2)cc1. The highest BCUT2D eigenvalue weighted by Gasteiger charge is 2.25. The molecule has 0 saturated heterocycles. The Bertz CT molecular complexity index is 847. The summed E-state index contributed by atoms with van der Waals surface area (Å²) in [6.07, 6.45) is 0.645. The lowest BCUT2D eigenvalue weighted by Gasteiger charge is -2.24. The normalized spacial score (nSPS) is 16.8. The Morgan fingerprint density at radius 3 is 2.58 bits per heavy atom. The maximum absolute atomic E-state index is 12.3. The lowest BCUT2D eigenvalue weighted by molar-refractivity contribution is -0.126. The highest BCUT2D eigenvalue weighted by atomic mass is 32.2. The van der Waals surface area contributed by atoms with E-state index in [1.54, 1.807) is 12.1 Å². The van der Waals surface area contributed by atoms with Crippen LogP contribution < -0.4 is 15.2 Å². The van der Waals surface area contributed by atoms with E-state index in [4.69, 9.17) is 9.88 Å². The molecule has 1 aliphatic rings. The Hall–Kier alpha value is -2.38.